The number of nitrogens with zero attached hydrogens (tertiary/aromatic N) is 3. The van der Waals surface area contributed by atoms with E-state index in [1.54, 1.807) is 7.05 Å². The molecule has 6 nitrogen and oxygen atoms in total. The molecule has 132 valence electrons. The van der Waals surface area contributed by atoms with Crippen LogP contribution in [0.1, 0.15) is 12.0 Å². The topological polar surface area (TPSA) is 68.5 Å². The zero-order valence-electron chi connectivity index (χ0n) is 14.1. The zero-order chi connectivity index (χ0) is 18.1. The molecule has 0 bridgehead atoms. The molecule has 0 saturated heterocycles. The number of oxime groups is 1. The van der Waals surface area contributed by atoms with Crippen LogP contribution in [0.3, 0.4) is 0 Å². The maximum atomic E-state index is 12.2. The van der Waals surface area contributed by atoms with E-state index in [1.165, 1.54) is 10.9 Å². The fourth-order valence-electron chi connectivity index (χ4n) is 2.94. The number of hydrogen-bond acceptors (Lipinski definition) is 5. The molecule has 26 heavy (non-hydrogen) atoms. The highest BCUT2D eigenvalue weighted by Crippen LogP contribution is 2.23. The Balaban J connectivity index is 1.44. The third-order valence-electron chi connectivity index (χ3n) is 4.37. The molecule has 0 fully saturated rings. The number of halogens is 1. The van der Waals surface area contributed by atoms with Crippen LogP contribution in [0.15, 0.2) is 63.2 Å². The van der Waals surface area contributed by atoms with Gasteiger partial charge in [0.25, 0.3) is 5.56 Å². The van der Waals surface area contributed by atoms with E-state index in [0.29, 0.717) is 17.4 Å². The van der Waals surface area contributed by atoms with Gasteiger partial charge in [-0.25, -0.2) is 4.98 Å². The SMILES string of the molecule is Cn1cnc2ccc(NCC3CC(c4ccccc4Br)=NO3)cc2c1=O. The molecular weight excluding hydrogens is 396 g/mol. The first-order valence-electron chi connectivity index (χ1n) is 8.28. The minimum absolute atomic E-state index is 0.0514. The van der Waals surface area contributed by atoms with Gasteiger partial charge in [0.15, 0.2) is 0 Å². The molecule has 0 amide bonds. The first-order chi connectivity index (χ1) is 12.6. The summed E-state index contributed by atoms with van der Waals surface area (Å²) >= 11 is 3.55. The fraction of sp³-hybridized carbons (Fsp3) is 0.211. The lowest BCUT2D eigenvalue weighted by Gasteiger charge is -2.11. The first-order valence-corrected chi connectivity index (χ1v) is 9.08. The van der Waals surface area contributed by atoms with E-state index in [0.717, 1.165) is 27.9 Å². The summed E-state index contributed by atoms with van der Waals surface area (Å²) in [5.41, 5.74) is 3.47. The van der Waals surface area contributed by atoms with E-state index >= 15 is 0 Å². The molecule has 3 aromatic rings. The summed E-state index contributed by atoms with van der Waals surface area (Å²) in [7, 11) is 1.70. The number of fused-ring (bicyclic) bond motifs is 1. The number of hydrogen-bond donors (Lipinski definition) is 1. The molecule has 0 saturated carbocycles. The van der Waals surface area contributed by atoms with Crippen molar-refractivity contribution in [1.82, 2.24) is 9.55 Å². The van der Waals surface area contributed by atoms with Crippen molar-refractivity contribution in [3.63, 3.8) is 0 Å². The molecule has 2 heterocycles. The lowest BCUT2D eigenvalue weighted by molar-refractivity contribution is 0.0949. The monoisotopic (exact) mass is 412 g/mol. The first kappa shape index (κ1) is 16.8. The maximum Gasteiger partial charge on any atom is 0.260 e. The standard InChI is InChI=1S/C19H17BrN4O2/c1-24-11-22-17-7-6-12(8-15(17)19(24)25)21-10-13-9-18(23-26-13)14-4-2-3-5-16(14)20/h2-8,11,13,21H,9-10H2,1H3. The van der Waals surface area contributed by atoms with Crippen LogP contribution in [0.25, 0.3) is 10.9 Å². The summed E-state index contributed by atoms with van der Waals surface area (Å²) < 4.78 is 2.48. The minimum atomic E-state index is -0.0599. The van der Waals surface area contributed by atoms with E-state index in [4.69, 9.17) is 4.84 Å². The molecular formula is C19H17BrN4O2. The molecule has 0 radical (unpaired) electrons. The largest absolute Gasteiger partial charge is 0.390 e. The molecule has 1 N–H and O–H groups in total. The Morgan fingerprint density at radius 1 is 1.31 bits per heavy atom. The summed E-state index contributed by atoms with van der Waals surface area (Å²) in [6.45, 7) is 0.601. The number of nitrogens with one attached hydrogen (secondary N) is 1. The van der Waals surface area contributed by atoms with Gasteiger partial charge in [-0.2, -0.15) is 0 Å². The highest BCUT2D eigenvalue weighted by atomic mass is 79.9. The second kappa shape index (κ2) is 6.92. The number of aryl methyl sites for hydroxylation is 1. The van der Waals surface area contributed by atoms with Gasteiger partial charge in [0, 0.05) is 29.2 Å². The molecule has 0 aliphatic carbocycles. The quantitative estimate of drug-likeness (QED) is 0.713. The van der Waals surface area contributed by atoms with Crippen molar-refractivity contribution in [2.75, 3.05) is 11.9 Å². The molecule has 4 rings (SSSR count). The van der Waals surface area contributed by atoms with Gasteiger partial charge in [-0.3, -0.25) is 4.79 Å². The predicted molar refractivity (Wildman–Crippen MR) is 106 cm³/mol. The van der Waals surface area contributed by atoms with Crippen molar-refractivity contribution in [2.45, 2.75) is 12.5 Å². The molecule has 1 unspecified atom stereocenters. The van der Waals surface area contributed by atoms with Crippen LogP contribution in [-0.4, -0.2) is 27.9 Å². The molecule has 7 heteroatoms. The summed E-state index contributed by atoms with van der Waals surface area (Å²) in [4.78, 5) is 22.0. The smallest absolute Gasteiger partial charge is 0.260 e. The Morgan fingerprint density at radius 2 is 2.15 bits per heavy atom. The van der Waals surface area contributed by atoms with Gasteiger partial charge < -0.3 is 14.7 Å². The van der Waals surface area contributed by atoms with Gasteiger partial charge in [-0.1, -0.05) is 39.3 Å². The summed E-state index contributed by atoms with van der Waals surface area (Å²) in [5.74, 6) is 0. The molecule has 2 aromatic carbocycles. The van der Waals surface area contributed by atoms with Crippen LogP contribution in [0.5, 0.6) is 0 Å². The molecule has 1 aromatic heterocycles. The minimum Gasteiger partial charge on any atom is -0.390 e. The number of rotatable bonds is 4. The Bertz CT molecular complexity index is 1060. The summed E-state index contributed by atoms with van der Waals surface area (Å²) in [6.07, 6.45) is 2.21. The van der Waals surface area contributed by atoms with E-state index in [-0.39, 0.29) is 11.7 Å². The Kier molecular flexibility index (Phi) is 4.46. The highest BCUT2D eigenvalue weighted by molar-refractivity contribution is 9.10. The van der Waals surface area contributed by atoms with E-state index in [2.05, 4.69) is 31.4 Å². The van der Waals surface area contributed by atoms with Gasteiger partial charge in [0.1, 0.15) is 6.10 Å². The van der Waals surface area contributed by atoms with Crippen LogP contribution in [0.4, 0.5) is 5.69 Å². The fourth-order valence-corrected chi connectivity index (χ4v) is 3.46. The van der Waals surface area contributed by atoms with Crippen LogP contribution < -0.4 is 10.9 Å². The lowest BCUT2D eigenvalue weighted by atomic mass is 10.1. The summed E-state index contributed by atoms with van der Waals surface area (Å²) in [6, 6.07) is 13.6. The van der Waals surface area contributed by atoms with Crippen molar-refractivity contribution in [3.8, 4) is 0 Å². The normalized spacial score (nSPS) is 16.4. The van der Waals surface area contributed by atoms with Gasteiger partial charge in [-0.05, 0) is 24.3 Å². The van der Waals surface area contributed by atoms with Crippen LogP contribution >= 0.6 is 15.9 Å². The van der Waals surface area contributed by atoms with Crippen molar-refractivity contribution in [3.05, 3.63) is 69.2 Å². The average molecular weight is 413 g/mol. The van der Waals surface area contributed by atoms with E-state index in [9.17, 15) is 4.79 Å². The highest BCUT2D eigenvalue weighted by Gasteiger charge is 2.23. The number of benzene rings is 2. The van der Waals surface area contributed by atoms with Crippen molar-refractivity contribution < 1.29 is 4.84 Å². The lowest BCUT2D eigenvalue weighted by Crippen LogP contribution is -2.21. The Hall–Kier alpha value is -2.67. The second-order valence-corrected chi connectivity index (χ2v) is 7.08. The second-order valence-electron chi connectivity index (χ2n) is 6.22. The van der Waals surface area contributed by atoms with Gasteiger partial charge in [0.2, 0.25) is 0 Å². The number of aromatic nitrogens is 2. The Morgan fingerprint density at radius 3 is 3.00 bits per heavy atom. The molecule has 1 atom stereocenters. The van der Waals surface area contributed by atoms with Gasteiger partial charge >= 0.3 is 0 Å². The third kappa shape index (κ3) is 3.22. The van der Waals surface area contributed by atoms with Crippen LogP contribution in [0.2, 0.25) is 0 Å². The van der Waals surface area contributed by atoms with Crippen LogP contribution in [0, 0.1) is 0 Å². The van der Waals surface area contributed by atoms with Crippen LogP contribution in [-0.2, 0) is 11.9 Å². The van der Waals surface area contributed by atoms with Crippen molar-refractivity contribution in [2.24, 2.45) is 12.2 Å². The average Bonchev–Trinajstić information content (AvgIpc) is 3.12. The van der Waals surface area contributed by atoms with Crippen molar-refractivity contribution >= 4 is 38.2 Å². The zero-order valence-corrected chi connectivity index (χ0v) is 15.7. The van der Waals surface area contributed by atoms with Gasteiger partial charge in [0.05, 0.1) is 29.5 Å². The van der Waals surface area contributed by atoms with Gasteiger partial charge in [-0.15, -0.1) is 0 Å². The van der Waals surface area contributed by atoms with Crippen molar-refractivity contribution in [1.29, 1.82) is 0 Å². The molecule has 0 spiro atoms. The predicted octanol–water partition coefficient (Wildman–Crippen LogP) is 3.30. The van der Waals surface area contributed by atoms with E-state index in [1.807, 2.05) is 42.5 Å². The molecule has 1 aliphatic heterocycles. The Labute approximate surface area is 158 Å². The molecule has 1 aliphatic rings. The maximum absolute atomic E-state index is 12.2. The number of anilines is 1. The third-order valence-corrected chi connectivity index (χ3v) is 5.06. The summed E-state index contributed by atoms with van der Waals surface area (Å²) in [5, 5.41) is 8.14. The van der Waals surface area contributed by atoms with E-state index < -0.39 is 0 Å².